The summed E-state index contributed by atoms with van der Waals surface area (Å²) in [4.78, 5) is 11.8. The van der Waals surface area contributed by atoms with Crippen LogP contribution in [0.2, 0.25) is 18.1 Å². The zero-order valence-electron chi connectivity index (χ0n) is 13.6. The minimum absolute atomic E-state index is 0.0347. The van der Waals surface area contributed by atoms with Gasteiger partial charge in [0.25, 0.3) is 0 Å². The molecule has 0 saturated heterocycles. The van der Waals surface area contributed by atoms with E-state index >= 15 is 0 Å². The fourth-order valence-electron chi connectivity index (χ4n) is 1.40. The first-order valence-corrected chi connectivity index (χ1v) is 11.2. The van der Waals surface area contributed by atoms with Crippen LogP contribution >= 0.6 is 0 Å². The van der Waals surface area contributed by atoms with Crippen LogP contribution in [-0.4, -0.2) is 48.2 Å². The molecule has 6 nitrogen and oxygen atoms in total. The monoisotopic (exact) mass is 325 g/mol. The summed E-state index contributed by atoms with van der Waals surface area (Å²) in [6, 6.07) is -1.04. The first kappa shape index (κ1) is 19.6. The van der Waals surface area contributed by atoms with Crippen molar-refractivity contribution in [1.29, 1.82) is 0 Å². The number of ether oxygens (including phenoxy) is 1. The first-order chi connectivity index (χ1) is 8.71. The van der Waals surface area contributed by atoms with Crippen molar-refractivity contribution in [3.05, 3.63) is 0 Å². The number of hydrogen-bond donors (Lipinski definition) is 1. The standard InChI is InChI=1S/C12H27NO5SSi/c1-9(18-20(7,8)12(2,3)4)10(11(14)17-5)13-19(6,15)16/h9-10,13H,1-8H3/t9-,10-/m1/s1. The smallest absolute Gasteiger partial charge is 0.326 e. The van der Waals surface area contributed by atoms with Crippen molar-refractivity contribution in [2.75, 3.05) is 13.4 Å². The van der Waals surface area contributed by atoms with Crippen LogP contribution in [-0.2, 0) is 24.0 Å². The molecule has 0 aliphatic carbocycles. The highest BCUT2D eigenvalue weighted by atomic mass is 32.2. The summed E-state index contributed by atoms with van der Waals surface area (Å²) in [6.45, 7) is 12.0. The third kappa shape index (κ3) is 5.90. The van der Waals surface area contributed by atoms with Crippen LogP contribution in [0.4, 0.5) is 0 Å². The highest BCUT2D eigenvalue weighted by Crippen LogP contribution is 2.37. The van der Waals surface area contributed by atoms with Crippen LogP contribution < -0.4 is 4.72 Å². The Bertz CT molecular complexity index is 441. The van der Waals surface area contributed by atoms with Gasteiger partial charge in [-0.2, -0.15) is 4.72 Å². The molecule has 0 aromatic rings. The second-order valence-electron chi connectivity index (χ2n) is 6.47. The lowest BCUT2D eigenvalue weighted by atomic mass is 10.2. The van der Waals surface area contributed by atoms with E-state index in [1.54, 1.807) is 6.92 Å². The van der Waals surface area contributed by atoms with E-state index in [1.165, 1.54) is 7.11 Å². The van der Waals surface area contributed by atoms with E-state index in [2.05, 4.69) is 30.2 Å². The van der Waals surface area contributed by atoms with Gasteiger partial charge in [-0.05, 0) is 25.1 Å². The molecular formula is C12H27NO5SSi. The number of carbonyl (C=O) groups excluding carboxylic acids is 1. The van der Waals surface area contributed by atoms with Crippen molar-refractivity contribution < 1.29 is 22.4 Å². The average molecular weight is 326 g/mol. The molecule has 2 atom stereocenters. The van der Waals surface area contributed by atoms with Gasteiger partial charge in [0.05, 0.1) is 19.5 Å². The van der Waals surface area contributed by atoms with Gasteiger partial charge in [0.15, 0.2) is 8.32 Å². The van der Waals surface area contributed by atoms with Crippen LogP contribution in [0.5, 0.6) is 0 Å². The molecule has 0 amide bonds. The molecule has 0 saturated carbocycles. The molecule has 0 aromatic heterocycles. The topological polar surface area (TPSA) is 81.7 Å². The Hall–Kier alpha value is -0.443. The zero-order valence-corrected chi connectivity index (χ0v) is 15.4. The molecular weight excluding hydrogens is 298 g/mol. The van der Waals surface area contributed by atoms with E-state index in [1.807, 2.05) is 13.1 Å². The van der Waals surface area contributed by atoms with Crippen molar-refractivity contribution in [2.45, 2.75) is 58.0 Å². The predicted octanol–water partition coefficient (Wildman–Crippen LogP) is 1.49. The molecule has 0 aliphatic heterocycles. The van der Waals surface area contributed by atoms with Gasteiger partial charge in [-0.1, -0.05) is 20.8 Å². The van der Waals surface area contributed by atoms with Crippen molar-refractivity contribution in [3.8, 4) is 0 Å². The SMILES string of the molecule is COC(=O)[C@H](NS(C)(=O)=O)[C@@H](C)O[Si](C)(C)C(C)(C)C. The number of sulfonamides is 1. The van der Waals surface area contributed by atoms with E-state index in [9.17, 15) is 13.2 Å². The molecule has 0 heterocycles. The Labute approximate surface area is 123 Å². The van der Waals surface area contributed by atoms with E-state index in [0.29, 0.717) is 0 Å². The number of nitrogens with one attached hydrogen (secondary N) is 1. The Morgan fingerprint density at radius 3 is 2.00 bits per heavy atom. The predicted molar refractivity (Wildman–Crippen MR) is 81.5 cm³/mol. The maximum absolute atomic E-state index is 11.8. The quantitative estimate of drug-likeness (QED) is 0.591. The second-order valence-corrected chi connectivity index (χ2v) is 13.0. The van der Waals surface area contributed by atoms with Crippen LogP contribution in [0, 0.1) is 0 Å². The maximum atomic E-state index is 11.8. The summed E-state index contributed by atoms with van der Waals surface area (Å²) < 4.78 is 35.7. The van der Waals surface area contributed by atoms with Crippen molar-refractivity contribution in [1.82, 2.24) is 4.72 Å². The third-order valence-electron chi connectivity index (χ3n) is 3.55. The summed E-state index contributed by atoms with van der Waals surface area (Å²) >= 11 is 0. The van der Waals surface area contributed by atoms with Gasteiger partial charge in [-0.15, -0.1) is 0 Å². The van der Waals surface area contributed by atoms with Crippen LogP contribution in [0.3, 0.4) is 0 Å². The van der Waals surface area contributed by atoms with Gasteiger partial charge in [0.2, 0.25) is 10.0 Å². The van der Waals surface area contributed by atoms with Crippen molar-refractivity contribution >= 4 is 24.3 Å². The molecule has 8 heteroatoms. The summed E-state index contributed by atoms with van der Waals surface area (Å²) in [5, 5.41) is -0.0347. The molecule has 0 fully saturated rings. The zero-order chi connectivity index (χ0) is 16.4. The summed E-state index contributed by atoms with van der Waals surface area (Å²) in [7, 11) is -4.42. The Balaban J connectivity index is 5.17. The molecule has 20 heavy (non-hydrogen) atoms. The molecule has 0 spiro atoms. The Kier molecular flexibility index (Phi) is 6.40. The molecule has 120 valence electrons. The highest BCUT2D eigenvalue weighted by Gasteiger charge is 2.41. The van der Waals surface area contributed by atoms with Gasteiger partial charge in [-0.25, -0.2) is 8.42 Å². The fraction of sp³-hybridized carbons (Fsp3) is 0.917. The summed E-state index contributed by atoms with van der Waals surface area (Å²) in [5.41, 5.74) is 0. The molecule has 1 N–H and O–H groups in total. The van der Waals surface area contributed by atoms with Crippen molar-refractivity contribution in [3.63, 3.8) is 0 Å². The lowest BCUT2D eigenvalue weighted by Gasteiger charge is -2.39. The minimum atomic E-state index is -3.53. The second kappa shape index (κ2) is 6.55. The van der Waals surface area contributed by atoms with Gasteiger partial charge in [-0.3, -0.25) is 4.79 Å². The number of carbonyl (C=O) groups is 1. The Morgan fingerprint density at radius 1 is 1.25 bits per heavy atom. The lowest BCUT2D eigenvalue weighted by Crippen LogP contribution is -2.53. The maximum Gasteiger partial charge on any atom is 0.326 e. The van der Waals surface area contributed by atoms with Gasteiger partial charge in [0, 0.05) is 0 Å². The number of methoxy groups -OCH3 is 1. The van der Waals surface area contributed by atoms with E-state index in [0.717, 1.165) is 6.26 Å². The van der Waals surface area contributed by atoms with E-state index in [4.69, 9.17) is 4.43 Å². The van der Waals surface area contributed by atoms with Gasteiger partial charge < -0.3 is 9.16 Å². The lowest BCUT2D eigenvalue weighted by molar-refractivity contribution is -0.144. The van der Waals surface area contributed by atoms with Gasteiger partial charge in [0.1, 0.15) is 6.04 Å². The van der Waals surface area contributed by atoms with Gasteiger partial charge >= 0.3 is 5.97 Å². The third-order valence-corrected chi connectivity index (χ3v) is 8.81. The number of rotatable bonds is 6. The van der Waals surface area contributed by atoms with E-state index in [-0.39, 0.29) is 5.04 Å². The first-order valence-electron chi connectivity index (χ1n) is 6.44. The van der Waals surface area contributed by atoms with E-state index < -0.39 is 36.5 Å². The molecule has 0 aliphatic rings. The summed E-state index contributed by atoms with van der Waals surface area (Å²) in [6.07, 6.45) is 0.403. The van der Waals surface area contributed by atoms with Crippen LogP contribution in [0.15, 0.2) is 0 Å². The normalized spacial score (nSPS) is 16.6. The van der Waals surface area contributed by atoms with Crippen LogP contribution in [0.1, 0.15) is 27.7 Å². The molecule has 0 unspecified atom stereocenters. The van der Waals surface area contributed by atoms with Crippen LogP contribution in [0.25, 0.3) is 0 Å². The number of hydrogen-bond acceptors (Lipinski definition) is 5. The Morgan fingerprint density at radius 2 is 1.70 bits per heavy atom. The minimum Gasteiger partial charge on any atom is -0.468 e. The largest absolute Gasteiger partial charge is 0.468 e. The highest BCUT2D eigenvalue weighted by molar-refractivity contribution is 7.88. The summed E-state index contributed by atoms with van der Waals surface area (Å²) in [5.74, 6) is -0.651. The fourth-order valence-corrected chi connectivity index (χ4v) is 3.57. The molecule has 0 bridgehead atoms. The average Bonchev–Trinajstić information content (AvgIpc) is 2.21. The molecule has 0 aromatic carbocycles. The molecule has 0 rings (SSSR count). The number of esters is 1. The van der Waals surface area contributed by atoms with Crippen molar-refractivity contribution in [2.24, 2.45) is 0 Å². The molecule has 0 radical (unpaired) electrons.